The second-order valence-electron chi connectivity index (χ2n) is 5.70. The van der Waals surface area contributed by atoms with E-state index >= 15 is 0 Å². The first-order chi connectivity index (χ1) is 9.61. The Kier molecular flexibility index (Phi) is 5.05. The van der Waals surface area contributed by atoms with E-state index in [0.717, 1.165) is 25.7 Å². The van der Waals surface area contributed by atoms with Gasteiger partial charge >= 0.3 is 5.97 Å². The first kappa shape index (κ1) is 14.9. The van der Waals surface area contributed by atoms with Gasteiger partial charge in [0.15, 0.2) is 0 Å². The lowest BCUT2D eigenvalue weighted by atomic mass is 9.85. The third-order valence-corrected chi connectivity index (χ3v) is 4.26. The van der Waals surface area contributed by atoms with Crippen LogP contribution in [-0.4, -0.2) is 18.6 Å². The first-order valence-electron chi connectivity index (χ1n) is 7.61. The molecule has 1 aromatic carbocycles. The van der Waals surface area contributed by atoms with Crippen molar-refractivity contribution >= 4 is 11.7 Å². The van der Waals surface area contributed by atoms with Crippen molar-refractivity contribution in [2.45, 2.75) is 52.5 Å². The minimum Gasteiger partial charge on any atom is -0.466 e. The normalized spacial score (nSPS) is 22.4. The van der Waals surface area contributed by atoms with Crippen molar-refractivity contribution < 1.29 is 9.53 Å². The van der Waals surface area contributed by atoms with Crippen LogP contribution in [0.15, 0.2) is 18.2 Å². The molecule has 0 amide bonds. The van der Waals surface area contributed by atoms with Crippen molar-refractivity contribution in [2.75, 3.05) is 11.9 Å². The number of esters is 1. The van der Waals surface area contributed by atoms with Gasteiger partial charge in [0.05, 0.1) is 12.5 Å². The fraction of sp³-hybridized carbons (Fsp3) is 0.588. The maximum atomic E-state index is 11.9. The van der Waals surface area contributed by atoms with Crippen molar-refractivity contribution in [1.82, 2.24) is 0 Å². The number of hydrogen-bond donors (Lipinski definition) is 1. The van der Waals surface area contributed by atoms with E-state index in [0.29, 0.717) is 12.6 Å². The minimum atomic E-state index is -0.0278. The zero-order chi connectivity index (χ0) is 14.5. The molecule has 0 saturated heterocycles. The second-order valence-corrected chi connectivity index (χ2v) is 5.70. The lowest BCUT2D eigenvalue weighted by Gasteiger charge is -2.29. The highest BCUT2D eigenvalue weighted by Gasteiger charge is 2.28. The number of carbonyl (C=O) groups is 1. The molecule has 1 N–H and O–H groups in total. The summed E-state index contributed by atoms with van der Waals surface area (Å²) in [6, 6.07) is 6.70. The van der Waals surface area contributed by atoms with E-state index < -0.39 is 0 Å². The number of anilines is 1. The maximum absolute atomic E-state index is 11.9. The smallest absolute Gasteiger partial charge is 0.308 e. The van der Waals surface area contributed by atoms with Crippen LogP contribution in [0, 0.1) is 19.8 Å². The Balaban J connectivity index is 1.99. The van der Waals surface area contributed by atoms with Crippen molar-refractivity contribution in [2.24, 2.45) is 5.92 Å². The molecule has 1 aromatic rings. The molecule has 110 valence electrons. The molecule has 2 rings (SSSR count). The molecular weight excluding hydrogens is 250 g/mol. The summed E-state index contributed by atoms with van der Waals surface area (Å²) in [6.07, 6.45) is 4.06. The predicted molar refractivity (Wildman–Crippen MR) is 81.9 cm³/mol. The molecule has 0 bridgehead atoms. The molecule has 0 aromatic heterocycles. The van der Waals surface area contributed by atoms with Gasteiger partial charge in [-0.3, -0.25) is 4.79 Å². The molecule has 0 heterocycles. The number of hydrogen-bond acceptors (Lipinski definition) is 3. The number of aryl methyl sites for hydroxylation is 1. The third-order valence-electron chi connectivity index (χ3n) is 4.26. The average Bonchev–Trinajstić information content (AvgIpc) is 2.44. The van der Waals surface area contributed by atoms with Gasteiger partial charge in [-0.25, -0.2) is 0 Å². The summed E-state index contributed by atoms with van der Waals surface area (Å²) in [4.78, 5) is 11.9. The van der Waals surface area contributed by atoms with Gasteiger partial charge in [0.1, 0.15) is 0 Å². The predicted octanol–water partition coefficient (Wildman–Crippen LogP) is 3.84. The summed E-state index contributed by atoms with van der Waals surface area (Å²) in [5.41, 5.74) is 3.79. The average molecular weight is 275 g/mol. The van der Waals surface area contributed by atoms with Crippen LogP contribution in [0.5, 0.6) is 0 Å². The highest BCUT2D eigenvalue weighted by atomic mass is 16.5. The van der Waals surface area contributed by atoms with Crippen molar-refractivity contribution in [1.29, 1.82) is 0 Å². The van der Waals surface area contributed by atoms with E-state index in [1.54, 1.807) is 0 Å². The largest absolute Gasteiger partial charge is 0.466 e. The van der Waals surface area contributed by atoms with Gasteiger partial charge in [0, 0.05) is 11.7 Å². The fourth-order valence-electron chi connectivity index (χ4n) is 2.92. The standard InChI is InChI=1S/C17H25NO2/c1-4-20-17(19)14-8-6-9-15(11-14)18-16-10-5-7-12(2)13(16)3/h5,7,10,14-15,18H,4,6,8-9,11H2,1-3H3. The van der Waals surface area contributed by atoms with Gasteiger partial charge in [-0.05, 0) is 57.2 Å². The van der Waals surface area contributed by atoms with Crippen LogP contribution in [-0.2, 0) is 9.53 Å². The van der Waals surface area contributed by atoms with Gasteiger partial charge in [-0.15, -0.1) is 0 Å². The molecule has 1 aliphatic carbocycles. The number of carbonyl (C=O) groups excluding carboxylic acids is 1. The Hall–Kier alpha value is -1.51. The van der Waals surface area contributed by atoms with E-state index in [-0.39, 0.29) is 11.9 Å². The summed E-state index contributed by atoms with van der Waals surface area (Å²) in [7, 11) is 0. The lowest BCUT2D eigenvalue weighted by molar-refractivity contribution is -0.149. The zero-order valence-corrected chi connectivity index (χ0v) is 12.7. The highest BCUT2D eigenvalue weighted by molar-refractivity contribution is 5.72. The summed E-state index contributed by atoms with van der Waals surface area (Å²) in [5.74, 6) is 0.0336. The fourth-order valence-corrected chi connectivity index (χ4v) is 2.92. The van der Waals surface area contributed by atoms with Gasteiger partial charge in [-0.1, -0.05) is 18.6 Å². The number of ether oxygens (including phenoxy) is 1. The maximum Gasteiger partial charge on any atom is 0.308 e. The minimum absolute atomic E-state index is 0.0278. The van der Waals surface area contributed by atoms with Crippen LogP contribution < -0.4 is 5.32 Å². The Morgan fingerprint density at radius 2 is 2.15 bits per heavy atom. The molecule has 0 radical (unpaired) electrons. The third kappa shape index (κ3) is 3.53. The second kappa shape index (κ2) is 6.78. The summed E-state index contributed by atoms with van der Waals surface area (Å²) in [6.45, 7) is 6.61. The van der Waals surface area contributed by atoms with Crippen LogP contribution in [0.4, 0.5) is 5.69 Å². The van der Waals surface area contributed by atoms with Crippen LogP contribution in [0.25, 0.3) is 0 Å². The molecular formula is C17H25NO2. The van der Waals surface area contributed by atoms with E-state index in [1.807, 2.05) is 6.92 Å². The van der Waals surface area contributed by atoms with E-state index in [9.17, 15) is 4.79 Å². The molecule has 1 saturated carbocycles. The monoisotopic (exact) mass is 275 g/mol. The SMILES string of the molecule is CCOC(=O)C1CCCC(Nc2cccc(C)c2C)C1. The Bertz CT molecular complexity index is 470. The lowest BCUT2D eigenvalue weighted by Crippen LogP contribution is -2.32. The summed E-state index contributed by atoms with van der Waals surface area (Å²) >= 11 is 0. The number of nitrogens with one attached hydrogen (secondary N) is 1. The van der Waals surface area contributed by atoms with Crippen molar-refractivity contribution in [3.05, 3.63) is 29.3 Å². The Morgan fingerprint density at radius 1 is 1.35 bits per heavy atom. The van der Waals surface area contributed by atoms with Crippen molar-refractivity contribution in [3.63, 3.8) is 0 Å². The summed E-state index contributed by atoms with van der Waals surface area (Å²) in [5, 5.41) is 3.61. The molecule has 3 heteroatoms. The topological polar surface area (TPSA) is 38.3 Å². The number of benzene rings is 1. The summed E-state index contributed by atoms with van der Waals surface area (Å²) < 4.78 is 5.16. The van der Waals surface area contributed by atoms with Gasteiger partial charge < -0.3 is 10.1 Å². The number of rotatable bonds is 4. The molecule has 1 fully saturated rings. The first-order valence-corrected chi connectivity index (χ1v) is 7.61. The quantitative estimate of drug-likeness (QED) is 0.849. The zero-order valence-electron chi connectivity index (χ0n) is 12.7. The van der Waals surface area contributed by atoms with E-state index in [2.05, 4.69) is 37.4 Å². The molecule has 1 aliphatic rings. The van der Waals surface area contributed by atoms with Crippen molar-refractivity contribution in [3.8, 4) is 0 Å². The molecule has 0 aliphatic heterocycles. The highest BCUT2D eigenvalue weighted by Crippen LogP contribution is 2.29. The van der Waals surface area contributed by atoms with Crippen LogP contribution in [0.2, 0.25) is 0 Å². The van der Waals surface area contributed by atoms with E-state index in [1.165, 1.54) is 16.8 Å². The Labute approximate surface area is 121 Å². The molecule has 3 nitrogen and oxygen atoms in total. The van der Waals surface area contributed by atoms with Gasteiger partial charge in [0.2, 0.25) is 0 Å². The molecule has 0 spiro atoms. The molecule has 2 atom stereocenters. The molecule has 2 unspecified atom stereocenters. The van der Waals surface area contributed by atoms with Crippen LogP contribution in [0.1, 0.15) is 43.7 Å². The van der Waals surface area contributed by atoms with Gasteiger partial charge in [-0.2, -0.15) is 0 Å². The molecule has 20 heavy (non-hydrogen) atoms. The van der Waals surface area contributed by atoms with Crippen LogP contribution >= 0.6 is 0 Å². The van der Waals surface area contributed by atoms with Gasteiger partial charge in [0.25, 0.3) is 0 Å². The Morgan fingerprint density at radius 3 is 2.90 bits per heavy atom. The van der Waals surface area contributed by atoms with E-state index in [4.69, 9.17) is 4.74 Å². The van der Waals surface area contributed by atoms with Crippen LogP contribution in [0.3, 0.4) is 0 Å².